The van der Waals surface area contributed by atoms with E-state index in [2.05, 4.69) is 91.0 Å². The third-order valence-electron chi connectivity index (χ3n) is 8.75. The van der Waals surface area contributed by atoms with Crippen LogP contribution in [-0.2, 0) is 0 Å². The molecule has 0 aliphatic rings. The molecule has 0 saturated carbocycles. The molecule has 3 aromatic heterocycles. The summed E-state index contributed by atoms with van der Waals surface area (Å²) in [4.78, 5) is 9.94. The van der Waals surface area contributed by atoms with Gasteiger partial charge in [0.25, 0.3) is 0 Å². The third kappa shape index (κ3) is 3.14. The minimum absolute atomic E-state index is 0.330. The van der Waals surface area contributed by atoms with Crippen LogP contribution in [0.4, 0.5) is 0 Å². The Labute approximate surface area is 253 Å². The maximum atomic E-state index is 7.01. The Bertz CT molecular complexity index is 2810. The highest BCUT2D eigenvalue weighted by molar-refractivity contribution is 7.28. The molecule has 10 rings (SSSR count). The van der Waals surface area contributed by atoms with Crippen LogP contribution in [0.1, 0.15) is 0 Å². The van der Waals surface area contributed by atoms with Crippen molar-refractivity contribution in [1.29, 1.82) is 0 Å². The summed E-state index contributed by atoms with van der Waals surface area (Å²) in [5.74, 6) is 0. The summed E-state index contributed by atoms with van der Waals surface area (Å²) >= 11 is 8.87. The number of halogens is 1. The van der Waals surface area contributed by atoms with E-state index >= 15 is 0 Å². The molecule has 0 spiro atoms. The van der Waals surface area contributed by atoms with E-state index in [0.717, 1.165) is 32.8 Å². The molecular formula is C38H19ClN2OS. The number of hydrogen-bond donors (Lipinski definition) is 0. The van der Waals surface area contributed by atoms with Crippen LogP contribution >= 0.6 is 22.9 Å². The lowest BCUT2D eigenvalue weighted by Gasteiger charge is -2.15. The van der Waals surface area contributed by atoms with Crippen molar-refractivity contribution in [2.75, 3.05) is 0 Å². The first-order valence-electron chi connectivity index (χ1n) is 14.2. The molecule has 0 unspecified atom stereocenters. The predicted octanol–water partition coefficient (Wildman–Crippen LogP) is 11.7. The number of hydrogen-bond acceptors (Lipinski definition) is 4. The van der Waals surface area contributed by atoms with E-state index in [1.807, 2.05) is 35.6 Å². The second kappa shape index (κ2) is 8.51. The van der Waals surface area contributed by atoms with Gasteiger partial charge in [-0.25, -0.2) is 4.98 Å². The second-order valence-electron chi connectivity index (χ2n) is 11.0. The Morgan fingerprint density at radius 2 is 1.21 bits per heavy atom. The van der Waals surface area contributed by atoms with Gasteiger partial charge in [0, 0.05) is 36.5 Å². The zero-order valence-electron chi connectivity index (χ0n) is 22.6. The zero-order chi connectivity index (χ0) is 28.2. The molecule has 0 N–H and O–H groups in total. The average Bonchev–Trinajstić information content (AvgIpc) is 3.62. The Morgan fingerprint density at radius 1 is 0.535 bits per heavy atom. The molecule has 3 nitrogen and oxygen atoms in total. The summed E-state index contributed by atoms with van der Waals surface area (Å²) in [6.07, 6.45) is 0. The quantitative estimate of drug-likeness (QED) is 0.180. The molecule has 5 heteroatoms. The van der Waals surface area contributed by atoms with E-state index in [4.69, 9.17) is 26.0 Å². The van der Waals surface area contributed by atoms with Crippen molar-refractivity contribution in [2.45, 2.75) is 0 Å². The zero-order valence-corrected chi connectivity index (χ0v) is 24.1. The standard InChI is InChI=1S/C38H19ClN2OS/c39-37-33(40-34-26-15-7-8-16-29(26)42-38(34)41-37)28-19-21-10-2-3-11-22(21)30-24-13-5-6-14-25(24)31-27-18-17-20-9-1-4-12-23(20)35(27)43-36(31)32(28)30/h1-19H. The van der Waals surface area contributed by atoms with Gasteiger partial charge in [-0.2, -0.15) is 4.98 Å². The number of fused-ring (bicyclic) bond motifs is 15. The van der Waals surface area contributed by atoms with Crippen LogP contribution in [0.3, 0.4) is 0 Å². The molecule has 0 saturated heterocycles. The summed E-state index contributed by atoms with van der Waals surface area (Å²) in [6, 6.07) is 40.7. The highest BCUT2D eigenvalue weighted by atomic mass is 35.5. The molecule has 7 aromatic carbocycles. The van der Waals surface area contributed by atoms with Crippen molar-refractivity contribution in [2.24, 2.45) is 0 Å². The minimum Gasteiger partial charge on any atom is -0.436 e. The van der Waals surface area contributed by atoms with Crippen LogP contribution in [0.5, 0.6) is 0 Å². The largest absolute Gasteiger partial charge is 0.436 e. The molecule has 0 aliphatic carbocycles. The van der Waals surface area contributed by atoms with Crippen molar-refractivity contribution in [3.05, 3.63) is 120 Å². The predicted molar refractivity (Wildman–Crippen MR) is 183 cm³/mol. The van der Waals surface area contributed by atoms with E-state index in [0.29, 0.717) is 16.6 Å². The van der Waals surface area contributed by atoms with Crippen molar-refractivity contribution in [1.82, 2.24) is 9.97 Å². The monoisotopic (exact) mass is 586 g/mol. The van der Waals surface area contributed by atoms with Gasteiger partial charge >= 0.3 is 0 Å². The van der Waals surface area contributed by atoms with Crippen LogP contribution in [0.2, 0.25) is 5.15 Å². The van der Waals surface area contributed by atoms with Gasteiger partial charge in [-0.05, 0) is 55.9 Å². The number of para-hydroxylation sites is 1. The number of furan rings is 1. The Kier molecular flexibility index (Phi) is 4.66. The molecular weight excluding hydrogens is 568 g/mol. The number of benzene rings is 7. The first-order valence-corrected chi connectivity index (χ1v) is 15.4. The molecule has 0 fully saturated rings. The fourth-order valence-electron chi connectivity index (χ4n) is 6.91. The minimum atomic E-state index is 0.330. The number of aromatic nitrogens is 2. The molecule has 0 atom stereocenters. The SMILES string of the molecule is Clc1nc2oc3ccccc3c2nc1-c1cc2ccccc2c2c3ccccc3c3c4ccc5ccccc5c4sc3c12. The Hall–Kier alpha value is -5.03. The van der Waals surface area contributed by atoms with E-state index in [9.17, 15) is 0 Å². The lowest BCUT2D eigenvalue weighted by molar-refractivity contribution is 0.653. The number of nitrogens with zero attached hydrogens (tertiary/aromatic N) is 2. The van der Waals surface area contributed by atoms with Crippen molar-refractivity contribution >= 4 is 108 Å². The lowest BCUT2D eigenvalue weighted by atomic mass is 9.89. The summed E-state index contributed by atoms with van der Waals surface area (Å²) in [5, 5.41) is 13.5. The van der Waals surface area contributed by atoms with Crippen LogP contribution in [0.15, 0.2) is 120 Å². The molecule has 0 bridgehead atoms. The summed E-state index contributed by atoms with van der Waals surface area (Å²) in [5.41, 5.74) is 3.55. The first kappa shape index (κ1) is 23.5. The highest BCUT2D eigenvalue weighted by Crippen LogP contribution is 2.50. The fraction of sp³-hybridized carbons (Fsp3) is 0. The maximum absolute atomic E-state index is 7.01. The number of thiophene rings is 1. The normalized spacial score (nSPS) is 12.3. The lowest BCUT2D eigenvalue weighted by Crippen LogP contribution is -1.93. The van der Waals surface area contributed by atoms with Crippen molar-refractivity contribution in [3.8, 4) is 11.3 Å². The highest BCUT2D eigenvalue weighted by Gasteiger charge is 2.23. The molecule has 43 heavy (non-hydrogen) atoms. The summed E-state index contributed by atoms with van der Waals surface area (Å²) in [7, 11) is 0. The van der Waals surface area contributed by atoms with Crippen LogP contribution in [0, 0.1) is 0 Å². The van der Waals surface area contributed by atoms with Gasteiger partial charge < -0.3 is 4.42 Å². The van der Waals surface area contributed by atoms with Crippen LogP contribution in [0.25, 0.3) is 96.7 Å². The van der Waals surface area contributed by atoms with Crippen molar-refractivity contribution in [3.63, 3.8) is 0 Å². The van der Waals surface area contributed by atoms with Gasteiger partial charge in [0.2, 0.25) is 5.71 Å². The van der Waals surface area contributed by atoms with E-state index in [-0.39, 0.29) is 0 Å². The Balaban J connectivity index is 1.48. The van der Waals surface area contributed by atoms with Gasteiger partial charge in [-0.3, -0.25) is 0 Å². The number of rotatable bonds is 1. The van der Waals surface area contributed by atoms with Crippen LogP contribution in [-0.4, -0.2) is 9.97 Å². The van der Waals surface area contributed by atoms with Crippen molar-refractivity contribution < 1.29 is 4.42 Å². The van der Waals surface area contributed by atoms with Gasteiger partial charge in [0.1, 0.15) is 16.8 Å². The van der Waals surface area contributed by atoms with Crippen LogP contribution < -0.4 is 0 Å². The molecule has 3 heterocycles. The van der Waals surface area contributed by atoms with E-state index in [1.54, 1.807) is 0 Å². The van der Waals surface area contributed by atoms with Gasteiger partial charge in [-0.15, -0.1) is 11.3 Å². The molecule has 200 valence electrons. The Morgan fingerprint density at radius 3 is 2.05 bits per heavy atom. The van der Waals surface area contributed by atoms with Gasteiger partial charge in [0.15, 0.2) is 5.15 Å². The van der Waals surface area contributed by atoms with Gasteiger partial charge in [-0.1, -0.05) is 109 Å². The average molecular weight is 587 g/mol. The second-order valence-corrected chi connectivity index (χ2v) is 12.4. The third-order valence-corrected chi connectivity index (χ3v) is 10.3. The fourth-order valence-corrected chi connectivity index (χ4v) is 8.55. The smallest absolute Gasteiger partial charge is 0.247 e. The maximum Gasteiger partial charge on any atom is 0.247 e. The van der Waals surface area contributed by atoms with E-state index in [1.165, 1.54) is 52.5 Å². The van der Waals surface area contributed by atoms with Gasteiger partial charge in [0.05, 0.1) is 0 Å². The molecule has 0 amide bonds. The summed E-state index contributed by atoms with van der Waals surface area (Å²) in [6.45, 7) is 0. The topological polar surface area (TPSA) is 38.9 Å². The molecule has 0 radical (unpaired) electrons. The molecule has 0 aliphatic heterocycles. The van der Waals surface area contributed by atoms with E-state index < -0.39 is 0 Å². The summed E-state index contributed by atoms with van der Waals surface area (Å²) < 4.78 is 8.56. The molecule has 10 aromatic rings. The first-order chi connectivity index (χ1) is 21.2.